The van der Waals surface area contributed by atoms with Crippen LogP contribution in [0.25, 0.3) is 0 Å². The second-order valence-electron chi connectivity index (χ2n) is 4.31. The molecular weight excluding hydrogens is 224 g/mol. The molecule has 6 nitrogen and oxygen atoms in total. The lowest BCUT2D eigenvalue weighted by molar-refractivity contribution is -0.148. The maximum Gasteiger partial charge on any atom is 0.323 e. The van der Waals surface area contributed by atoms with E-state index in [1.807, 2.05) is 0 Å². The van der Waals surface area contributed by atoms with Crippen molar-refractivity contribution >= 4 is 5.97 Å². The van der Waals surface area contributed by atoms with Crippen molar-refractivity contribution in [1.82, 2.24) is 10.5 Å². The molecule has 1 fully saturated rings. The van der Waals surface area contributed by atoms with E-state index in [1.54, 1.807) is 13.2 Å². The van der Waals surface area contributed by atoms with Crippen LogP contribution in [0.2, 0.25) is 0 Å². The molecule has 0 atom stereocenters. The fraction of sp³-hybridized carbons (Fsp3) is 0.636. The summed E-state index contributed by atoms with van der Waals surface area (Å²) in [6.45, 7) is 0.774. The number of carbonyl (C=O) groups is 1. The Morgan fingerprint density at radius 3 is 3.00 bits per heavy atom. The highest BCUT2D eigenvalue weighted by Crippen LogP contribution is 2.32. The molecule has 6 heteroatoms. The van der Waals surface area contributed by atoms with Crippen molar-refractivity contribution in [2.45, 2.75) is 38.0 Å². The molecule has 2 rings (SSSR count). The molecule has 0 saturated heterocycles. The number of carboxylic acid groups (broad SMARTS) is 1. The largest absolute Gasteiger partial charge is 0.480 e. The van der Waals surface area contributed by atoms with Crippen LogP contribution in [0.1, 0.15) is 30.7 Å². The van der Waals surface area contributed by atoms with Crippen LogP contribution in [0.15, 0.2) is 10.6 Å². The molecule has 1 aromatic rings. The van der Waals surface area contributed by atoms with E-state index < -0.39 is 11.5 Å². The third-order valence-corrected chi connectivity index (χ3v) is 3.12. The van der Waals surface area contributed by atoms with Gasteiger partial charge >= 0.3 is 5.97 Å². The van der Waals surface area contributed by atoms with Crippen molar-refractivity contribution in [3.8, 4) is 0 Å². The summed E-state index contributed by atoms with van der Waals surface area (Å²) in [4.78, 5) is 11.1. The van der Waals surface area contributed by atoms with Gasteiger partial charge in [-0.25, -0.2) is 0 Å². The number of methoxy groups -OCH3 is 1. The molecule has 1 aliphatic carbocycles. The Morgan fingerprint density at radius 1 is 1.71 bits per heavy atom. The van der Waals surface area contributed by atoms with Gasteiger partial charge < -0.3 is 14.4 Å². The fourth-order valence-electron chi connectivity index (χ4n) is 1.91. The monoisotopic (exact) mass is 240 g/mol. The minimum absolute atomic E-state index is 0.372. The topological polar surface area (TPSA) is 84.6 Å². The molecule has 0 radical (unpaired) electrons. The molecule has 0 bridgehead atoms. The van der Waals surface area contributed by atoms with Crippen molar-refractivity contribution in [2.24, 2.45) is 0 Å². The summed E-state index contributed by atoms with van der Waals surface area (Å²) in [5, 5.41) is 16.0. The molecule has 94 valence electrons. The van der Waals surface area contributed by atoms with E-state index in [2.05, 4.69) is 10.5 Å². The van der Waals surface area contributed by atoms with Gasteiger partial charge in [-0.15, -0.1) is 0 Å². The van der Waals surface area contributed by atoms with E-state index in [4.69, 9.17) is 14.4 Å². The number of aromatic nitrogens is 1. The molecule has 17 heavy (non-hydrogen) atoms. The highest BCUT2D eigenvalue weighted by Gasteiger charge is 2.43. The zero-order chi connectivity index (χ0) is 12.3. The molecule has 0 amide bonds. The predicted molar refractivity (Wildman–Crippen MR) is 58.3 cm³/mol. The first kappa shape index (κ1) is 12.1. The number of hydrogen-bond acceptors (Lipinski definition) is 5. The van der Waals surface area contributed by atoms with Crippen LogP contribution in [-0.2, 0) is 22.7 Å². The number of ether oxygens (including phenoxy) is 1. The van der Waals surface area contributed by atoms with Gasteiger partial charge in [0, 0.05) is 19.7 Å². The summed E-state index contributed by atoms with van der Waals surface area (Å²) < 4.78 is 9.93. The Hall–Kier alpha value is -1.40. The Balaban J connectivity index is 1.90. The number of nitrogens with zero attached hydrogens (tertiary/aromatic N) is 1. The first-order valence-corrected chi connectivity index (χ1v) is 5.58. The van der Waals surface area contributed by atoms with Gasteiger partial charge in [0.2, 0.25) is 0 Å². The van der Waals surface area contributed by atoms with Crippen LogP contribution in [0.3, 0.4) is 0 Å². The van der Waals surface area contributed by atoms with Crippen LogP contribution in [-0.4, -0.2) is 28.9 Å². The Labute approximate surface area is 98.9 Å². The van der Waals surface area contributed by atoms with E-state index in [0.717, 1.165) is 6.42 Å². The van der Waals surface area contributed by atoms with Crippen LogP contribution in [0, 0.1) is 0 Å². The maximum absolute atomic E-state index is 11.1. The van der Waals surface area contributed by atoms with Crippen molar-refractivity contribution in [3.63, 3.8) is 0 Å². The zero-order valence-corrected chi connectivity index (χ0v) is 9.73. The van der Waals surface area contributed by atoms with E-state index in [9.17, 15) is 4.79 Å². The van der Waals surface area contributed by atoms with Gasteiger partial charge in [-0.1, -0.05) is 5.16 Å². The lowest BCUT2D eigenvalue weighted by Gasteiger charge is -2.38. The lowest BCUT2D eigenvalue weighted by Crippen LogP contribution is -2.56. The molecule has 0 unspecified atom stereocenters. The van der Waals surface area contributed by atoms with Crippen molar-refractivity contribution in [1.29, 1.82) is 0 Å². The van der Waals surface area contributed by atoms with Crippen LogP contribution >= 0.6 is 0 Å². The van der Waals surface area contributed by atoms with Gasteiger partial charge in [-0.05, 0) is 19.3 Å². The van der Waals surface area contributed by atoms with Crippen molar-refractivity contribution in [2.75, 3.05) is 7.11 Å². The Kier molecular flexibility index (Phi) is 3.44. The summed E-state index contributed by atoms with van der Waals surface area (Å²) in [7, 11) is 1.58. The molecule has 0 spiro atoms. The predicted octanol–water partition coefficient (Wildman–Crippen LogP) is 0.918. The van der Waals surface area contributed by atoms with E-state index in [1.165, 1.54) is 0 Å². The minimum Gasteiger partial charge on any atom is -0.480 e. The van der Waals surface area contributed by atoms with Gasteiger partial charge in [-0.3, -0.25) is 10.1 Å². The lowest BCUT2D eigenvalue weighted by atomic mass is 9.77. The highest BCUT2D eigenvalue weighted by molar-refractivity contribution is 5.79. The molecule has 1 aliphatic rings. The summed E-state index contributed by atoms with van der Waals surface area (Å²) in [6, 6.07) is 1.77. The van der Waals surface area contributed by atoms with Crippen molar-refractivity contribution < 1.29 is 19.2 Å². The quantitative estimate of drug-likeness (QED) is 0.769. The molecule has 1 aromatic heterocycles. The average Bonchev–Trinajstić information content (AvgIpc) is 2.64. The first-order chi connectivity index (χ1) is 8.16. The van der Waals surface area contributed by atoms with Gasteiger partial charge in [0.25, 0.3) is 0 Å². The minimum atomic E-state index is -0.788. The second-order valence-corrected chi connectivity index (χ2v) is 4.31. The van der Waals surface area contributed by atoms with Crippen LogP contribution < -0.4 is 5.32 Å². The molecule has 0 aliphatic heterocycles. The smallest absolute Gasteiger partial charge is 0.323 e. The van der Waals surface area contributed by atoms with Crippen molar-refractivity contribution in [3.05, 3.63) is 17.5 Å². The molecule has 0 aromatic carbocycles. The first-order valence-electron chi connectivity index (χ1n) is 5.58. The summed E-state index contributed by atoms with van der Waals surface area (Å²) >= 11 is 0. The highest BCUT2D eigenvalue weighted by atomic mass is 16.5. The number of aliphatic carboxylic acids is 1. The summed E-state index contributed by atoms with van der Waals surface area (Å²) in [5.74, 6) is -0.147. The van der Waals surface area contributed by atoms with E-state index in [0.29, 0.717) is 37.4 Å². The SMILES string of the molecule is COCc1cc(CNC2(C(=O)O)CCC2)no1. The van der Waals surface area contributed by atoms with Crippen LogP contribution in [0.4, 0.5) is 0 Å². The van der Waals surface area contributed by atoms with Gasteiger partial charge in [-0.2, -0.15) is 0 Å². The fourth-order valence-corrected chi connectivity index (χ4v) is 1.91. The molecule has 1 heterocycles. The van der Waals surface area contributed by atoms with E-state index >= 15 is 0 Å². The molecule has 2 N–H and O–H groups in total. The summed E-state index contributed by atoms with van der Waals surface area (Å²) in [5.41, 5.74) is -0.0648. The van der Waals surface area contributed by atoms with Crippen LogP contribution in [0.5, 0.6) is 0 Å². The second kappa shape index (κ2) is 4.85. The summed E-state index contributed by atoms with van der Waals surface area (Å²) in [6.07, 6.45) is 2.29. The standard InChI is InChI=1S/C11H16N2O4/c1-16-7-9-5-8(13-17-9)6-12-11(10(14)15)3-2-4-11/h5,12H,2-4,6-7H2,1H3,(H,14,15). The Bertz CT molecular complexity index is 398. The third-order valence-electron chi connectivity index (χ3n) is 3.12. The Morgan fingerprint density at radius 2 is 2.47 bits per heavy atom. The number of carboxylic acids is 1. The zero-order valence-electron chi connectivity index (χ0n) is 9.73. The van der Waals surface area contributed by atoms with Gasteiger partial charge in [0.1, 0.15) is 12.1 Å². The normalized spacial score (nSPS) is 17.7. The number of hydrogen-bond donors (Lipinski definition) is 2. The molecular formula is C11H16N2O4. The number of nitrogens with one attached hydrogen (secondary N) is 1. The van der Waals surface area contributed by atoms with Gasteiger partial charge in [0.05, 0.1) is 5.69 Å². The average molecular weight is 240 g/mol. The number of rotatable bonds is 6. The van der Waals surface area contributed by atoms with E-state index in [-0.39, 0.29) is 0 Å². The maximum atomic E-state index is 11.1. The molecule has 1 saturated carbocycles. The van der Waals surface area contributed by atoms with Gasteiger partial charge in [0.15, 0.2) is 5.76 Å². The third kappa shape index (κ3) is 2.48.